The smallest absolute Gasteiger partial charge is 0.308 e. The lowest BCUT2D eigenvalue weighted by Crippen LogP contribution is -2.29. The normalized spacial score (nSPS) is 13.2. The number of aliphatic carboxylic acids is 1. The SMILES string of the molecule is COc1cc(NC(C)C(C)C(=O)O)cc(OC)c1OC. The second kappa shape index (κ2) is 6.88. The number of hydrogen-bond donors (Lipinski definition) is 2. The first-order valence-electron chi connectivity index (χ1n) is 6.23. The Labute approximate surface area is 118 Å². The van der Waals surface area contributed by atoms with E-state index < -0.39 is 11.9 Å². The Kier molecular flexibility index (Phi) is 5.49. The van der Waals surface area contributed by atoms with E-state index in [1.165, 1.54) is 21.3 Å². The Morgan fingerprint density at radius 2 is 1.60 bits per heavy atom. The Hall–Kier alpha value is -2.11. The number of carboxylic acids is 1. The molecule has 0 aliphatic rings. The molecule has 2 N–H and O–H groups in total. The second-order valence-electron chi connectivity index (χ2n) is 4.47. The van der Waals surface area contributed by atoms with Crippen LogP contribution < -0.4 is 19.5 Å². The zero-order valence-corrected chi connectivity index (χ0v) is 12.4. The summed E-state index contributed by atoms with van der Waals surface area (Å²) in [6.07, 6.45) is 0. The van der Waals surface area contributed by atoms with E-state index in [0.29, 0.717) is 22.9 Å². The predicted octanol–water partition coefficient (Wildman–Crippen LogP) is 2.23. The van der Waals surface area contributed by atoms with Crippen molar-refractivity contribution in [2.24, 2.45) is 5.92 Å². The van der Waals surface area contributed by atoms with Crippen LogP contribution in [0, 0.1) is 5.92 Å². The number of methoxy groups -OCH3 is 3. The van der Waals surface area contributed by atoms with Gasteiger partial charge in [0.05, 0.1) is 27.2 Å². The fraction of sp³-hybridized carbons (Fsp3) is 0.500. The predicted molar refractivity (Wildman–Crippen MR) is 76.0 cm³/mol. The molecule has 0 heterocycles. The minimum atomic E-state index is -0.850. The minimum Gasteiger partial charge on any atom is -0.493 e. The molecule has 112 valence electrons. The number of nitrogens with one attached hydrogen (secondary N) is 1. The van der Waals surface area contributed by atoms with Gasteiger partial charge < -0.3 is 24.6 Å². The van der Waals surface area contributed by atoms with Crippen molar-refractivity contribution in [3.63, 3.8) is 0 Å². The van der Waals surface area contributed by atoms with Crippen LogP contribution in [0.1, 0.15) is 13.8 Å². The molecule has 6 nitrogen and oxygen atoms in total. The molecular formula is C14H21NO5. The van der Waals surface area contributed by atoms with Crippen molar-refractivity contribution in [3.8, 4) is 17.2 Å². The van der Waals surface area contributed by atoms with Crippen LogP contribution in [-0.4, -0.2) is 38.4 Å². The number of rotatable bonds is 7. The molecule has 1 rings (SSSR count). The second-order valence-corrected chi connectivity index (χ2v) is 4.47. The van der Waals surface area contributed by atoms with Gasteiger partial charge in [-0.25, -0.2) is 0 Å². The maximum absolute atomic E-state index is 11.0. The Morgan fingerprint density at radius 1 is 1.10 bits per heavy atom. The summed E-state index contributed by atoms with van der Waals surface area (Å²) in [5.41, 5.74) is 0.708. The first-order chi connectivity index (χ1) is 9.44. The maximum atomic E-state index is 11.0. The molecule has 0 bridgehead atoms. The Morgan fingerprint density at radius 3 is 1.95 bits per heavy atom. The molecule has 1 aromatic rings. The van der Waals surface area contributed by atoms with Crippen LogP contribution in [0.3, 0.4) is 0 Å². The van der Waals surface area contributed by atoms with E-state index in [4.69, 9.17) is 19.3 Å². The molecule has 0 spiro atoms. The first-order valence-corrected chi connectivity index (χ1v) is 6.23. The van der Waals surface area contributed by atoms with Gasteiger partial charge in [-0.2, -0.15) is 0 Å². The van der Waals surface area contributed by atoms with Crippen LogP contribution in [0.15, 0.2) is 12.1 Å². The van der Waals surface area contributed by atoms with Gasteiger partial charge >= 0.3 is 5.97 Å². The van der Waals surface area contributed by atoms with E-state index in [1.807, 2.05) is 6.92 Å². The molecule has 0 radical (unpaired) electrons. The van der Waals surface area contributed by atoms with Gasteiger partial charge in [0.25, 0.3) is 0 Å². The first kappa shape index (κ1) is 15.9. The van der Waals surface area contributed by atoms with Crippen molar-refractivity contribution >= 4 is 11.7 Å². The molecule has 0 aliphatic heterocycles. The van der Waals surface area contributed by atoms with Crippen molar-refractivity contribution in [2.75, 3.05) is 26.6 Å². The lowest BCUT2D eigenvalue weighted by molar-refractivity contribution is -0.141. The summed E-state index contributed by atoms with van der Waals surface area (Å²) in [7, 11) is 4.59. The summed E-state index contributed by atoms with van der Waals surface area (Å²) in [6, 6.07) is 3.24. The lowest BCUT2D eigenvalue weighted by atomic mass is 10.0. The van der Waals surface area contributed by atoms with Gasteiger partial charge in [0, 0.05) is 23.9 Å². The van der Waals surface area contributed by atoms with Crippen molar-refractivity contribution in [1.29, 1.82) is 0 Å². The van der Waals surface area contributed by atoms with Crippen LogP contribution in [0.2, 0.25) is 0 Å². The van der Waals surface area contributed by atoms with Crippen LogP contribution in [0.25, 0.3) is 0 Å². The minimum absolute atomic E-state index is 0.240. The van der Waals surface area contributed by atoms with Crippen LogP contribution >= 0.6 is 0 Å². The molecule has 6 heteroatoms. The van der Waals surface area contributed by atoms with Crippen molar-refractivity contribution < 1.29 is 24.1 Å². The summed E-state index contributed by atoms with van der Waals surface area (Å²) in [4.78, 5) is 11.0. The molecule has 0 amide bonds. The summed E-state index contributed by atoms with van der Waals surface area (Å²) in [5, 5.41) is 12.1. The standard InChI is InChI=1S/C14H21NO5/c1-8(14(16)17)9(2)15-10-6-11(18-3)13(20-5)12(7-10)19-4/h6-9,15H,1-5H3,(H,16,17). The fourth-order valence-corrected chi connectivity index (χ4v) is 1.77. The molecular weight excluding hydrogens is 262 g/mol. The number of benzene rings is 1. The zero-order valence-electron chi connectivity index (χ0n) is 12.4. The van der Waals surface area contributed by atoms with E-state index in [9.17, 15) is 4.79 Å². The molecule has 0 saturated heterocycles. The highest BCUT2D eigenvalue weighted by Crippen LogP contribution is 2.40. The molecule has 0 aromatic heterocycles. The van der Waals surface area contributed by atoms with E-state index in [1.54, 1.807) is 19.1 Å². The number of carbonyl (C=O) groups is 1. The fourth-order valence-electron chi connectivity index (χ4n) is 1.77. The Bertz CT molecular complexity index is 450. The third-order valence-corrected chi connectivity index (χ3v) is 3.20. The molecule has 2 unspecified atom stereocenters. The average Bonchev–Trinajstić information content (AvgIpc) is 2.44. The van der Waals surface area contributed by atoms with Crippen molar-refractivity contribution in [3.05, 3.63) is 12.1 Å². The average molecular weight is 283 g/mol. The van der Waals surface area contributed by atoms with Gasteiger partial charge in [-0.05, 0) is 13.8 Å². The summed E-state index contributed by atoms with van der Waals surface area (Å²) >= 11 is 0. The van der Waals surface area contributed by atoms with Crippen molar-refractivity contribution in [1.82, 2.24) is 0 Å². The molecule has 2 atom stereocenters. The van der Waals surface area contributed by atoms with Gasteiger partial charge in [0.2, 0.25) is 5.75 Å². The quantitative estimate of drug-likeness (QED) is 0.799. The van der Waals surface area contributed by atoms with E-state index in [0.717, 1.165) is 0 Å². The lowest BCUT2D eigenvalue weighted by Gasteiger charge is -2.21. The summed E-state index contributed by atoms with van der Waals surface area (Å²) in [5.74, 6) is 0.167. The highest BCUT2D eigenvalue weighted by atomic mass is 16.5. The molecule has 1 aromatic carbocycles. The largest absolute Gasteiger partial charge is 0.493 e. The van der Waals surface area contributed by atoms with Gasteiger partial charge in [-0.15, -0.1) is 0 Å². The third-order valence-electron chi connectivity index (χ3n) is 3.20. The van der Waals surface area contributed by atoms with Gasteiger partial charge in [0.15, 0.2) is 11.5 Å². The van der Waals surface area contributed by atoms with Gasteiger partial charge in [-0.3, -0.25) is 4.79 Å². The van der Waals surface area contributed by atoms with Gasteiger partial charge in [-0.1, -0.05) is 0 Å². The summed E-state index contributed by atoms with van der Waals surface area (Å²) < 4.78 is 15.7. The van der Waals surface area contributed by atoms with Crippen LogP contribution in [0.4, 0.5) is 5.69 Å². The van der Waals surface area contributed by atoms with Gasteiger partial charge in [0.1, 0.15) is 0 Å². The highest BCUT2D eigenvalue weighted by molar-refractivity contribution is 5.71. The van der Waals surface area contributed by atoms with E-state index >= 15 is 0 Å². The number of anilines is 1. The number of ether oxygens (including phenoxy) is 3. The number of carboxylic acid groups (broad SMARTS) is 1. The highest BCUT2D eigenvalue weighted by Gasteiger charge is 2.20. The Balaban J connectivity index is 3.04. The topological polar surface area (TPSA) is 77.0 Å². The molecule has 0 fully saturated rings. The molecule has 0 saturated carbocycles. The monoisotopic (exact) mass is 283 g/mol. The maximum Gasteiger partial charge on any atom is 0.308 e. The molecule has 0 aliphatic carbocycles. The zero-order chi connectivity index (χ0) is 15.3. The van der Waals surface area contributed by atoms with Crippen LogP contribution in [0.5, 0.6) is 17.2 Å². The van der Waals surface area contributed by atoms with E-state index in [2.05, 4.69) is 5.32 Å². The van der Waals surface area contributed by atoms with Crippen LogP contribution in [-0.2, 0) is 4.79 Å². The summed E-state index contributed by atoms with van der Waals surface area (Å²) in [6.45, 7) is 3.46. The van der Waals surface area contributed by atoms with E-state index in [-0.39, 0.29) is 6.04 Å². The third kappa shape index (κ3) is 3.46. The van der Waals surface area contributed by atoms with Crippen molar-refractivity contribution in [2.45, 2.75) is 19.9 Å². The molecule has 20 heavy (non-hydrogen) atoms. The number of hydrogen-bond acceptors (Lipinski definition) is 5.